The molecule has 0 radical (unpaired) electrons. The van der Waals surface area contributed by atoms with Crippen LogP contribution in [0, 0.1) is 5.92 Å². The molecular weight excluding hydrogens is 232 g/mol. The Hall–Kier alpha value is -0.680. The third kappa shape index (κ3) is 3.92. The number of aromatic nitrogens is 2. The number of piperidine rings is 1. The summed E-state index contributed by atoms with van der Waals surface area (Å²) in [5.74, 6) is 0.804. The number of nitrogens with one attached hydrogen (secondary N) is 1. The van der Waals surface area contributed by atoms with Gasteiger partial charge < -0.3 is 10.2 Å². The molecule has 0 atom stereocenters. The Morgan fingerprint density at radius 3 is 2.65 bits per heavy atom. The van der Waals surface area contributed by atoms with Crippen molar-refractivity contribution in [1.29, 1.82) is 0 Å². The van der Waals surface area contributed by atoms with Gasteiger partial charge in [-0.05, 0) is 46.1 Å². The lowest BCUT2D eigenvalue weighted by molar-refractivity contribution is 0.329. The van der Waals surface area contributed by atoms with Crippen molar-refractivity contribution >= 4 is 16.7 Å². The Bertz CT molecular complexity index is 323. The lowest BCUT2D eigenvalue weighted by Crippen LogP contribution is -2.42. The van der Waals surface area contributed by atoms with Gasteiger partial charge in [-0.1, -0.05) is 0 Å². The van der Waals surface area contributed by atoms with Gasteiger partial charge in [-0.2, -0.15) is 4.37 Å². The Kier molecular flexibility index (Phi) is 3.99. The van der Waals surface area contributed by atoms with E-state index in [0.29, 0.717) is 0 Å². The predicted octanol–water partition coefficient (Wildman–Crippen LogP) is 2.14. The normalized spacial score (nSPS) is 18.6. The minimum Gasteiger partial charge on any atom is -0.347 e. The third-order valence-corrected chi connectivity index (χ3v) is 3.88. The zero-order chi connectivity index (χ0) is 12.3. The second-order valence-corrected chi connectivity index (χ2v) is 6.54. The van der Waals surface area contributed by atoms with Crippen molar-refractivity contribution < 1.29 is 0 Å². The second-order valence-electron chi connectivity index (χ2n) is 5.79. The summed E-state index contributed by atoms with van der Waals surface area (Å²) in [7, 11) is 0. The summed E-state index contributed by atoms with van der Waals surface area (Å²) in [5, 5.41) is 4.67. The Morgan fingerprint density at radius 1 is 1.41 bits per heavy atom. The highest BCUT2D eigenvalue weighted by molar-refractivity contribution is 7.09. The SMILES string of the molecule is CC(C)(C)NCC1CCN(c2ncns2)CC1. The number of anilines is 1. The van der Waals surface area contributed by atoms with E-state index < -0.39 is 0 Å². The van der Waals surface area contributed by atoms with Gasteiger partial charge in [0.25, 0.3) is 0 Å². The van der Waals surface area contributed by atoms with Crippen molar-refractivity contribution in [1.82, 2.24) is 14.7 Å². The molecule has 0 aromatic carbocycles. The van der Waals surface area contributed by atoms with Crippen molar-refractivity contribution in [2.75, 3.05) is 24.5 Å². The highest BCUT2D eigenvalue weighted by atomic mass is 32.1. The first-order chi connectivity index (χ1) is 8.04. The summed E-state index contributed by atoms with van der Waals surface area (Å²) in [5.41, 5.74) is 0.233. The van der Waals surface area contributed by atoms with E-state index in [2.05, 4.69) is 40.3 Å². The number of rotatable bonds is 3. The van der Waals surface area contributed by atoms with Gasteiger partial charge in [0.2, 0.25) is 5.13 Å². The minimum atomic E-state index is 0.233. The standard InChI is InChI=1S/C12H22N4S/c1-12(2,3)14-8-10-4-6-16(7-5-10)11-13-9-15-17-11/h9-10,14H,4-8H2,1-3H3. The van der Waals surface area contributed by atoms with Gasteiger partial charge in [-0.15, -0.1) is 0 Å². The van der Waals surface area contributed by atoms with Crippen LogP contribution >= 0.6 is 11.5 Å². The number of nitrogens with zero attached hydrogens (tertiary/aromatic N) is 3. The van der Waals surface area contributed by atoms with Gasteiger partial charge in [0.15, 0.2) is 0 Å². The average molecular weight is 254 g/mol. The molecule has 1 aliphatic heterocycles. The van der Waals surface area contributed by atoms with E-state index in [1.807, 2.05) is 0 Å². The van der Waals surface area contributed by atoms with Gasteiger partial charge in [-0.3, -0.25) is 0 Å². The van der Waals surface area contributed by atoms with Gasteiger partial charge in [0, 0.05) is 30.2 Å². The lowest BCUT2D eigenvalue weighted by atomic mass is 9.96. The molecule has 1 aromatic rings. The molecule has 0 amide bonds. The van der Waals surface area contributed by atoms with E-state index in [1.54, 1.807) is 6.33 Å². The molecule has 17 heavy (non-hydrogen) atoms. The highest BCUT2D eigenvalue weighted by Gasteiger charge is 2.22. The van der Waals surface area contributed by atoms with E-state index in [0.717, 1.165) is 30.7 Å². The zero-order valence-corrected chi connectivity index (χ0v) is 11.8. The van der Waals surface area contributed by atoms with Crippen molar-refractivity contribution in [3.63, 3.8) is 0 Å². The smallest absolute Gasteiger partial charge is 0.204 e. The van der Waals surface area contributed by atoms with Crippen LogP contribution in [0.1, 0.15) is 33.6 Å². The quantitative estimate of drug-likeness (QED) is 0.897. The first kappa shape index (κ1) is 12.8. The molecule has 5 heteroatoms. The van der Waals surface area contributed by atoms with Gasteiger partial charge >= 0.3 is 0 Å². The molecule has 2 rings (SSSR count). The van der Waals surface area contributed by atoms with Crippen LogP contribution in [-0.4, -0.2) is 34.5 Å². The summed E-state index contributed by atoms with van der Waals surface area (Å²) in [6.07, 6.45) is 4.15. The van der Waals surface area contributed by atoms with E-state index in [4.69, 9.17) is 0 Å². The monoisotopic (exact) mass is 254 g/mol. The first-order valence-electron chi connectivity index (χ1n) is 6.31. The van der Waals surface area contributed by atoms with E-state index in [9.17, 15) is 0 Å². The maximum Gasteiger partial charge on any atom is 0.204 e. The fourth-order valence-electron chi connectivity index (χ4n) is 2.09. The largest absolute Gasteiger partial charge is 0.347 e. The lowest BCUT2D eigenvalue weighted by Gasteiger charge is -2.33. The molecule has 1 fully saturated rings. The second kappa shape index (κ2) is 5.31. The van der Waals surface area contributed by atoms with Crippen LogP contribution in [0.2, 0.25) is 0 Å². The van der Waals surface area contributed by atoms with Crippen LogP contribution in [0.25, 0.3) is 0 Å². The summed E-state index contributed by atoms with van der Waals surface area (Å²) in [4.78, 5) is 6.62. The molecule has 1 saturated heterocycles. The minimum absolute atomic E-state index is 0.233. The zero-order valence-electron chi connectivity index (χ0n) is 10.9. The Labute approximate surface area is 108 Å². The fourth-order valence-corrected chi connectivity index (χ4v) is 2.67. The third-order valence-electron chi connectivity index (χ3n) is 3.16. The van der Waals surface area contributed by atoms with Crippen LogP contribution in [-0.2, 0) is 0 Å². The molecule has 4 nitrogen and oxygen atoms in total. The van der Waals surface area contributed by atoms with Crippen LogP contribution in [0.15, 0.2) is 6.33 Å². The van der Waals surface area contributed by atoms with Crippen LogP contribution in [0.3, 0.4) is 0 Å². The molecule has 0 aliphatic carbocycles. The Balaban J connectivity index is 1.75. The van der Waals surface area contributed by atoms with Crippen molar-refractivity contribution in [3.05, 3.63) is 6.33 Å². The van der Waals surface area contributed by atoms with Crippen LogP contribution in [0.5, 0.6) is 0 Å². The highest BCUT2D eigenvalue weighted by Crippen LogP contribution is 2.23. The molecule has 0 spiro atoms. The maximum atomic E-state index is 4.27. The molecule has 1 N–H and O–H groups in total. The van der Waals surface area contributed by atoms with Crippen LogP contribution in [0.4, 0.5) is 5.13 Å². The average Bonchev–Trinajstić information content (AvgIpc) is 2.79. The molecule has 0 bridgehead atoms. The Morgan fingerprint density at radius 2 is 2.12 bits per heavy atom. The van der Waals surface area contributed by atoms with Gasteiger partial charge in [-0.25, -0.2) is 4.98 Å². The van der Waals surface area contributed by atoms with Gasteiger partial charge in [0.05, 0.1) is 0 Å². The summed E-state index contributed by atoms with van der Waals surface area (Å²) in [6, 6.07) is 0. The summed E-state index contributed by atoms with van der Waals surface area (Å²) >= 11 is 1.50. The van der Waals surface area contributed by atoms with Crippen LogP contribution < -0.4 is 10.2 Å². The molecular formula is C12H22N4S. The first-order valence-corrected chi connectivity index (χ1v) is 7.08. The molecule has 0 unspecified atom stereocenters. The van der Waals surface area contributed by atoms with E-state index in [1.165, 1.54) is 24.4 Å². The molecule has 96 valence electrons. The molecule has 1 aromatic heterocycles. The van der Waals surface area contributed by atoms with E-state index >= 15 is 0 Å². The number of hydrogen-bond donors (Lipinski definition) is 1. The van der Waals surface area contributed by atoms with Crippen molar-refractivity contribution in [2.45, 2.75) is 39.2 Å². The maximum absolute atomic E-state index is 4.27. The topological polar surface area (TPSA) is 41.0 Å². The summed E-state index contributed by atoms with van der Waals surface area (Å²) in [6.45, 7) is 10.0. The fraction of sp³-hybridized carbons (Fsp3) is 0.833. The molecule has 0 saturated carbocycles. The van der Waals surface area contributed by atoms with E-state index in [-0.39, 0.29) is 5.54 Å². The number of hydrogen-bond acceptors (Lipinski definition) is 5. The molecule has 1 aliphatic rings. The van der Waals surface area contributed by atoms with Crippen molar-refractivity contribution in [2.24, 2.45) is 5.92 Å². The summed E-state index contributed by atoms with van der Waals surface area (Å²) < 4.78 is 4.06. The predicted molar refractivity (Wildman–Crippen MR) is 72.6 cm³/mol. The molecule has 2 heterocycles. The van der Waals surface area contributed by atoms with Crippen molar-refractivity contribution in [3.8, 4) is 0 Å². The van der Waals surface area contributed by atoms with Gasteiger partial charge in [0.1, 0.15) is 6.33 Å².